The molecule has 0 unspecified atom stereocenters. The minimum atomic E-state index is 0.0743. The van der Waals surface area contributed by atoms with Gasteiger partial charge < -0.3 is 14.6 Å². The van der Waals surface area contributed by atoms with Gasteiger partial charge in [-0.2, -0.15) is 0 Å². The molecule has 0 spiro atoms. The van der Waals surface area contributed by atoms with Crippen LogP contribution in [-0.4, -0.2) is 29.1 Å². The summed E-state index contributed by atoms with van der Waals surface area (Å²) in [6.45, 7) is 6.96. The minimum absolute atomic E-state index is 0.0743. The topological polar surface area (TPSA) is 56.1 Å². The third kappa shape index (κ3) is 4.85. The maximum Gasteiger partial charge on any atom is 0.220 e. The summed E-state index contributed by atoms with van der Waals surface area (Å²) in [5.74, 6) is 1.93. The van der Waals surface area contributed by atoms with Crippen molar-refractivity contribution in [1.29, 1.82) is 0 Å². The number of nitrogens with zero attached hydrogens (tertiary/aromatic N) is 2. The number of hydrogen-bond acceptors (Lipinski definition) is 3. The number of aryl methyl sites for hydroxylation is 2. The molecule has 5 nitrogen and oxygen atoms in total. The zero-order valence-corrected chi connectivity index (χ0v) is 15.0. The lowest BCUT2D eigenvalue weighted by molar-refractivity contribution is -0.121. The molecule has 0 radical (unpaired) electrons. The van der Waals surface area contributed by atoms with Crippen LogP contribution in [0.25, 0.3) is 0 Å². The molecule has 0 aliphatic heterocycles. The fourth-order valence-corrected chi connectivity index (χ4v) is 2.84. The standard InChI is InChI=1S/C19H27N3O2/c1-14(2)22-15(3)13-21-18(22)11-12-20-19(23)10-7-16-5-8-17(24-4)9-6-16/h5-6,8-9,13-14H,7,10-12H2,1-4H3,(H,20,23). The van der Waals surface area contributed by atoms with Gasteiger partial charge in [0.15, 0.2) is 0 Å². The van der Waals surface area contributed by atoms with Crippen LogP contribution in [0, 0.1) is 6.92 Å². The van der Waals surface area contributed by atoms with Gasteiger partial charge in [-0.1, -0.05) is 12.1 Å². The second-order valence-corrected chi connectivity index (χ2v) is 6.23. The van der Waals surface area contributed by atoms with Crippen molar-refractivity contribution >= 4 is 5.91 Å². The second kappa shape index (κ2) is 8.52. The Morgan fingerprint density at radius 1 is 1.25 bits per heavy atom. The van der Waals surface area contributed by atoms with Crippen molar-refractivity contribution in [3.05, 3.63) is 47.5 Å². The molecule has 2 aromatic rings. The molecule has 130 valence electrons. The molecule has 1 heterocycles. The molecule has 0 saturated heterocycles. The van der Waals surface area contributed by atoms with Crippen molar-refractivity contribution in [2.24, 2.45) is 0 Å². The number of carbonyl (C=O) groups excluding carboxylic acids is 1. The first-order chi connectivity index (χ1) is 11.5. The molecule has 1 N–H and O–H groups in total. The number of rotatable bonds is 8. The first-order valence-corrected chi connectivity index (χ1v) is 8.43. The molecule has 0 atom stereocenters. The molecule has 0 aliphatic carbocycles. The predicted molar refractivity (Wildman–Crippen MR) is 95.4 cm³/mol. The maximum absolute atomic E-state index is 12.0. The number of benzene rings is 1. The van der Waals surface area contributed by atoms with Crippen LogP contribution >= 0.6 is 0 Å². The number of carbonyl (C=O) groups is 1. The molecule has 24 heavy (non-hydrogen) atoms. The van der Waals surface area contributed by atoms with E-state index in [1.165, 1.54) is 0 Å². The molecular weight excluding hydrogens is 302 g/mol. The summed E-state index contributed by atoms with van der Waals surface area (Å²) in [5, 5.41) is 2.98. The van der Waals surface area contributed by atoms with E-state index in [0.29, 0.717) is 19.0 Å². The average molecular weight is 329 g/mol. The van der Waals surface area contributed by atoms with E-state index in [-0.39, 0.29) is 5.91 Å². The normalized spacial score (nSPS) is 10.9. The lowest BCUT2D eigenvalue weighted by Gasteiger charge is -2.14. The monoisotopic (exact) mass is 329 g/mol. The van der Waals surface area contributed by atoms with Crippen LogP contribution in [-0.2, 0) is 17.6 Å². The smallest absolute Gasteiger partial charge is 0.220 e. The van der Waals surface area contributed by atoms with Crippen molar-refractivity contribution in [3.8, 4) is 5.75 Å². The highest BCUT2D eigenvalue weighted by molar-refractivity contribution is 5.76. The van der Waals surface area contributed by atoms with Gasteiger partial charge in [0.25, 0.3) is 0 Å². The van der Waals surface area contributed by atoms with E-state index in [1.54, 1.807) is 7.11 Å². The summed E-state index contributed by atoms with van der Waals surface area (Å²) in [4.78, 5) is 16.4. The van der Waals surface area contributed by atoms with E-state index < -0.39 is 0 Å². The summed E-state index contributed by atoms with van der Waals surface area (Å²) < 4.78 is 7.34. The Kier molecular flexibility index (Phi) is 6.41. The largest absolute Gasteiger partial charge is 0.497 e. The fraction of sp³-hybridized carbons (Fsp3) is 0.474. The summed E-state index contributed by atoms with van der Waals surface area (Å²) in [5.41, 5.74) is 2.29. The molecule has 0 bridgehead atoms. The molecule has 5 heteroatoms. The van der Waals surface area contributed by atoms with Gasteiger partial charge in [0, 0.05) is 37.3 Å². The number of amides is 1. The van der Waals surface area contributed by atoms with E-state index in [1.807, 2.05) is 30.5 Å². The molecule has 0 aliphatic rings. The van der Waals surface area contributed by atoms with Gasteiger partial charge in [-0.3, -0.25) is 4.79 Å². The van der Waals surface area contributed by atoms with E-state index in [9.17, 15) is 4.79 Å². The first kappa shape index (κ1) is 18.0. The van der Waals surface area contributed by atoms with Crippen LogP contribution < -0.4 is 10.1 Å². The Morgan fingerprint density at radius 2 is 1.96 bits per heavy atom. The highest BCUT2D eigenvalue weighted by Gasteiger charge is 2.10. The Morgan fingerprint density at radius 3 is 2.58 bits per heavy atom. The van der Waals surface area contributed by atoms with Gasteiger partial charge in [0.05, 0.1) is 7.11 Å². The number of imidazole rings is 1. The predicted octanol–water partition coefficient (Wildman–Crippen LogP) is 3.07. The van der Waals surface area contributed by atoms with Gasteiger partial charge in [0.2, 0.25) is 5.91 Å². The third-order valence-corrected chi connectivity index (χ3v) is 4.05. The van der Waals surface area contributed by atoms with Crippen LogP contribution in [0.5, 0.6) is 5.75 Å². The van der Waals surface area contributed by atoms with Gasteiger partial charge in [-0.25, -0.2) is 4.98 Å². The van der Waals surface area contributed by atoms with Crippen molar-refractivity contribution in [2.75, 3.05) is 13.7 Å². The van der Waals surface area contributed by atoms with Crippen molar-refractivity contribution in [2.45, 2.75) is 46.1 Å². The number of ether oxygens (including phenoxy) is 1. The van der Waals surface area contributed by atoms with Crippen molar-refractivity contribution in [1.82, 2.24) is 14.9 Å². The molecule has 1 aromatic carbocycles. The second-order valence-electron chi connectivity index (χ2n) is 6.23. The Hall–Kier alpha value is -2.30. The third-order valence-electron chi connectivity index (χ3n) is 4.05. The van der Waals surface area contributed by atoms with E-state index in [2.05, 4.69) is 35.6 Å². The van der Waals surface area contributed by atoms with Crippen LogP contribution in [0.15, 0.2) is 30.5 Å². The number of aromatic nitrogens is 2. The zero-order chi connectivity index (χ0) is 17.5. The molecule has 0 fully saturated rings. The molecule has 1 amide bonds. The van der Waals surface area contributed by atoms with Gasteiger partial charge >= 0.3 is 0 Å². The Bertz CT molecular complexity index is 660. The van der Waals surface area contributed by atoms with E-state index in [0.717, 1.165) is 35.7 Å². The molecule has 1 aromatic heterocycles. The number of hydrogen-bond donors (Lipinski definition) is 1. The van der Waals surface area contributed by atoms with Crippen LogP contribution in [0.1, 0.15) is 43.4 Å². The highest BCUT2D eigenvalue weighted by Crippen LogP contribution is 2.14. The van der Waals surface area contributed by atoms with E-state index >= 15 is 0 Å². The first-order valence-electron chi connectivity index (χ1n) is 8.43. The number of nitrogens with one attached hydrogen (secondary N) is 1. The highest BCUT2D eigenvalue weighted by atomic mass is 16.5. The SMILES string of the molecule is COc1ccc(CCC(=O)NCCc2ncc(C)n2C(C)C)cc1. The van der Waals surface area contributed by atoms with Crippen LogP contribution in [0.4, 0.5) is 0 Å². The summed E-state index contributed by atoms with van der Waals surface area (Å²) in [6, 6.07) is 8.21. The molecule has 0 saturated carbocycles. The fourth-order valence-electron chi connectivity index (χ4n) is 2.84. The van der Waals surface area contributed by atoms with Gasteiger partial charge in [-0.05, 0) is 44.9 Å². The minimum Gasteiger partial charge on any atom is -0.497 e. The Labute approximate surface area is 144 Å². The summed E-state index contributed by atoms with van der Waals surface area (Å²) >= 11 is 0. The van der Waals surface area contributed by atoms with Crippen LogP contribution in [0.2, 0.25) is 0 Å². The lowest BCUT2D eigenvalue weighted by Crippen LogP contribution is -2.27. The quantitative estimate of drug-likeness (QED) is 0.810. The van der Waals surface area contributed by atoms with E-state index in [4.69, 9.17) is 4.74 Å². The van der Waals surface area contributed by atoms with Gasteiger partial charge in [0.1, 0.15) is 11.6 Å². The zero-order valence-electron chi connectivity index (χ0n) is 15.0. The maximum atomic E-state index is 12.0. The lowest BCUT2D eigenvalue weighted by atomic mass is 10.1. The molecular formula is C19H27N3O2. The summed E-state index contributed by atoms with van der Waals surface area (Å²) in [6.07, 6.45) is 3.86. The van der Waals surface area contributed by atoms with Crippen LogP contribution in [0.3, 0.4) is 0 Å². The number of methoxy groups -OCH3 is 1. The average Bonchev–Trinajstić information content (AvgIpc) is 2.94. The van der Waals surface area contributed by atoms with Crippen molar-refractivity contribution < 1.29 is 9.53 Å². The molecule has 2 rings (SSSR count). The van der Waals surface area contributed by atoms with Gasteiger partial charge in [-0.15, -0.1) is 0 Å². The summed E-state index contributed by atoms with van der Waals surface area (Å²) in [7, 11) is 1.65. The van der Waals surface area contributed by atoms with Crippen molar-refractivity contribution in [3.63, 3.8) is 0 Å². The Balaban J connectivity index is 1.75.